The minimum absolute atomic E-state index is 0. The summed E-state index contributed by atoms with van der Waals surface area (Å²) >= 11 is 0. The van der Waals surface area contributed by atoms with E-state index in [0.717, 1.165) is 6.26 Å². The van der Waals surface area contributed by atoms with Crippen LogP contribution in [0.5, 0.6) is 0 Å². The van der Waals surface area contributed by atoms with E-state index in [1.807, 2.05) is 0 Å². The van der Waals surface area contributed by atoms with Crippen LogP contribution in [0.2, 0.25) is 0 Å². The highest BCUT2D eigenvalue weighted by atomic mass is 127. The first-order valence-electron chi connectivity index (χ1n) is 7.46. The number of hydrogen-bond acceptors (Lipinski definition) is 4. The Labute approximate surface area is 157 Å². The Morgan fingerprint density at radius 1 is 1.25 bits per heavy atom. The highest BCUT2D eigenvalue weighted by Crippen LogP contribution is 2.29. The molecule has 0 aromatic heterocycles. The van der Waals surface area contributed by atoms with Crippen LogP contribution in [0.25, 0.3) is 0 Å². The van der Waals surface area contributed by atoms with Crippen LogP contribution in [0.3, 0.4) is 0 Å². The van der Waals surface area contributed by atoms with Crippen LogP contribution >= 0.6 is 24.0 Å². The van der Waals surface area contributed by atoms with Gasteiger partial charge in [0.2, 0.25) is 0 Å². The first-order chi connectivity index (χ1) is 10.6. The van der Waals surface area contributed by atoms with Crippen molar-refractivity contribution in [2.24, 2.45) is 4.99 Å². The van der Waals surface area contributed by atoms with Gasteiger partial charge in [0.25, 0.3) is 0 Å². The second kappa shape index (κ2) is 10.00. The van der Waals surface area contributed by atoms with E-state index < -0.39 is 27.2 Å². The minimum Gasteiger partial charge on any atom is -0.381 e. The Morgan fingerprint density at radius 2 is 1.83 bits per heavy atom. The average molecular weight is 487 g/mol. The highest BCUT2D eigenvalue weighted by Gasteiger charge is 2.42. The number of nitrogens with one attached hydrogen (secondary N) is 2. The van der Waals surface area contributed by atoms with Crippen LogP contribution < -0.4 is 10.6 Å². The van der Waals surface area contributed by atoms with Crippen LogP contribution in [-0.4, -0.2) is 64.4 Å². The van der Waals surface area contributed by atoms with Gasteiger partial charge in [-0.1, -0.05) is 0 Å². The summed E-state index contributed by atoms with van der Waals surface area (Å²) in [5.41, 5.74) is 0. The maximum Gasteiger partial charge on any atom is 0.390 e. The summed E-state index contributed by atoms with van der Waals surface area (Å²) in [7, 11) is -3.36. The van der Waals surface area contributed by atoms with Gasteiger partial charge >= 0.3 is 6.18 Å². The van der Waals surface area contributed by atoms with Gasteiger partial charge < -0.3 is 15.4 Å². The Kier molecular flexibility index (Phi) is 9.87. The number of sulfone groups is 1. The number of halogens is 4. The molecule has 0 aliphatic carbocycles. The van der Waals surface area contributed by atoms with E-state index in [9.17, 15) is 21.6 Å². The lowest BCUT2D eigenvalue weighted by molar-refractivity contribution is -0.132. The minimum atomic E-state index is -4.25. The van der Waals surface area contributed by atoms with E-state index in [2.05, 4.69) is 15.6 Å². The van der Waals surface area contributed by atoms with Crippen molar-refractivity contribution in [2.45, 2.75) is 37.1 Å². The molecular formula is C13H25F3IN3O3S. The molecule has 1 rings (SSSR count). The maximum absolute atomic E-state index is 12.2. The van der Waals surface area contributed by atoms with Gasteiger partial charge in [0.15, 0.2) is 15.8 Å². The molecule has 1 fully saturated rings. The van der Waals surface area contributed by atoms with Gasteiger partial charge in [0.1, 0.15) is 0 Å². The lowest BCUT2D eigenvalue weighted by atomic mass is 9.99. The van der Waals surface area contributed by atoms with E-state index in [0.29, 0.717) is 32.6 Å². The molecule has 0 aromatic rings. The van der Waals surface area contributed by atoms with Crippen LogP contribution in [-0.2, 0) is 14.6 Å². The van der Waals surface area contributed by atoms with E-state index in [-0.39, 0.29) is 43.0 Å². The summed E-state index contributed by atoms with van der Waals surface area (Å²) < 4.78 is 65.0. The topological polar surface area (TPSA) is 79.8 Å². The van der Waals surface area contributed by atoms with Gasteiger partial charge in [0, 0.05) is 32.6 Å². The number of guanidine groups is 1. The van der Waals surface area contributed by atoms with Gasteiger partial charge in [0.05, 0.1) is 17.7 Å². The van der Waals surface area contributed by atoms with Crippen molar-refractivity contribution < 1.29 is 26.3 Å². The molecule has 0 radical (unpaired) electrons. The standard InChI is InChI=1S/C13H24F3N3O3S.HI/c1-3-17-11(18-7-4-13(14,15)16)19-10-12(23(2,20)21)5-8-22-9-6-12;/h3-10H2,1-2H3,(H2,17,18,19);1H. The quantitative estimate of drug-likeness (QED) is 0.339. The summed E-state index contributed by atoms with van der Waals surface area (Å²) in [6, 6.07) is 0. The zero-order valence-electron chi connectivity index (χ0n) is 13.8. The molecule has 1 aliphatic rings. The first-order valence-corrected chi connectivity index (χ1v) is 9.35. The first kappa shape index (κ1) is 23.7. The second-order valence-electron chi connectivity index (χ2n) is 5.55. The fraction of sp³-hybridized carbons (Fsp3) is 0.923. The van der Waals surface area contributed by atoms with Crippen molar-refractivity contribution in [3.05, 3.63) is 0 Å². The third-order valence-corrected chi connectivity index (χ3v) is 5.87. The Bertz CT molecular complexity index is 506. The van der Waals surface area contributed by atoms with Crippen molar-refractivity contribution >= 4 is 39.8 Å². The van der Waals surface area contributed by atoms with Crippen molar-refractivity contribution in [1.82, 2.24) is 10.6 Å². The number of aliphatic imine (C=N–C) groups is 1. The molecule has 0 saturated carbocycles. The van der Waals surface area contributed by atoms with Crippen molar-refractivity contribution in [3.63, 3.8) is 0 Å². The van der Waals surface area contributed by atoms with Crippen molar-refractivity contribution in [3.8, 4) is 0 Å². The molecule has 11 heteroatoms. The van der Waals surface area contributed by atoms with Crippen molar-refractivity contribution in [2.75, 3.05) is 39.1 Å². The number of hydrogen-bond donors (Lipinski definition) is 2. The number of rotatable bonds is 6. The molecule has 24 heavy (non-hydrogen) atoms. The molecule has 1 heterocycles. The molecule has 144 valence electrons. The third kappa shape index (κ3) is 7.72. The average Bonchev–Trinajstić information content (AvgIpc) is 2.43. The number of alkyl halides is 3. The predicted octanol–water partition coefficient (Wildman–Crippen LogP) is 1.71. The molecule has 0 spiro atoms. The number of ether oxygens (including phenoxy) is 1. The molecule has 0 unspecified atom stereocenters. The number of nitrogens with zero attached hydrogens (tertiary/aromatic N) is 1. The molecule has 1 saturated heterocycles. The van der Waals surface area contributed by atoms with Gasteiger partial charge in [-0.2, -0.15) is 13.2 Å². The highest BCUT2D eigenvalue weighted by molar-refractivity contribution is 14.0. The summed E-state index contributed by atoms with van der Waals surface area (Å²) in [5.74, 6) is 0.186. The van der Waals surface area contributed by atoms with Crippen LogP contribution in [0.1, 0.15) is 26.2 Å². The Hall–Kier alpha value is -0.300. The van der Waals surface area contributed by atoms with Crippen molar-refractivity contribution in [1.29, 1.82) is 0 Å². The van der Waals surface area contributed by atoms with E-state index in [1.165, 1.54) is 0 Å². The molecule has 6 nitrogen and oxygen atoms in total. The third-order valence-electron chi connectivity index (χ3n) is 3.76. The van der Waals surface area contributed by atoms with Crippen LogP contribution in [0.15, 0.2) is 4.99 Å². The molecular weight excluding hydrogens is 462 g/mol. The summed E-state index contributed by atoms with van der Waals surface area (Å²) in [6.45, 7) is 2.59. The molecule has 0 aromatic carbocycles. The lowest BCUT2D eigenvalue weighted by Crippen LogP contribution is -2.47. The van der Waals surface area contributed by atoms with Gasteiger partial charge in [-0.25, -0.2) is 8.42 Å². The fourth-order valence-electron chi connectivity index (χ4n) is 2.28. The van der Waals surface area contributed by atoms with Crippen LogP contribution in [0, 0.1) is 0 Å². The zero-order valence-corrected chi connectivity index (χ0v) is 16.9. The summed E-state index contributed by atoms with van der Waals surface area (Å²) in [4.78, 5) is 4.19. The van der Waals surface area contributed by atoms with E-state index in [4.69, 9.17) is 4.74 Å². The van der Waals surface area contributed by atoms with E-state index >= 15 is 0 Å². The smallest absolute Gasteiger partial charge is 0.381 e. The van der Waals surface area contributed by atoms with E-state index in [1.54, 1.807) is 6.92 Å². The largest absolute Gasteiger partial charge is 0.390 e. The molecule has 0 atom stereocenters. The predicted molar refractivity (Wildman–Crippen MR) is 97.7 cm³/mol. The van der Waals surface area contributed by atoms with Gasteiger partial charge in [-0.05, 0) is 19.8 Å². The molecule has 0 amide bonds. The summed E-state index contributed by atoms with van der Waals surface area (Å²) in [5, 5.41) is 5.40. The Morgan fingerprint density at radius 3 is 2.29 bits per heavy atom. The van der Waals surface area contributed by atoms with Gasteiger partial charge in [-0.3, -0.25) is 4.99 Å². The fourth-order valence-corrected chi connectivity index (χ4v) is 3.48. The maximum atomic E-state index is 12.2. The zero-order chi connectivity index (χ0) is 17.6. The SMILES string of the molecule is CCNC(=NCC1(S(C)(=O)=O)CCOCC1)NCCC(F)(F)F.I. The Balaban J connectivity index is 0.00000529. The molecule has 2 N–H and O–H groups in total. The summed E-state index contributed by atoms with van der Waals surface area (Å²) in [6.07, 6.45) is -3.41. The second-order valence-corrected chi connectivity index (χ2v) is 7.97. The normalized spacial score (nSPS) is 18.6. The molecule has 1 aliphatic heterocycles. The molecule has 0 bridgehead atoms. The van der Waals surface area contributed by atoms with Gasteiger partial charge in [-0.15, -0.1) is 24.0 Å². The lowest BCUT2D eigenvalue weighted by Gasteiger charge is -2.34. The van der Waals surface area contributed by atoms with Crippen LogP contribution in [0.4, 0.5) is 13.2 Å². The monoisotopic (exact) mass is 487 g/mol.